The van der Waals surface area contributed by atoms with E-state index in [1.165, 1.54) is 6.92 Å². The Balaban J connectivity index is 2.89. The number of benzene rings is 2. The van der Waals surface area contributed by atoms with Crippen molar-refractivity contribution < 1.29 is 14.3 Å². The molecule has 0 unspecified atom stereocenters. The average molecular weight is 230 g/mol. The van der Waals surface area contributed by atoms with Gasteiger partial charge in [-0.25, -0.2) is 0 Å². The van der Waals surface area contributed by atoms with Crippen molar-refractivity contribution in [1.29, 1.82) is 0 Å². The molecule has 0 saturated heterocycles. The van der Waals surface area contributed by atoms with E-state index >= 15 is 0 Å². The van der Waals surface area contributed by atoms with Crippen molar-refractivity contribution in [3.05, 3.63) is 35.9 Å². The third-order valence-corrected chi connectivity index (χ3v) is 2.76. The average Bonchev–Trinajstić information content (AvgIpc) is 2.36. The van der Waals surface area contributed by atoms with Crippen LogP contribution in [0, 0.1) is 0 Å². The summed E-state index contributed by atoms with van der Waals surface area (Å²) in [6, 6.07) is 9.43. The van der Waals surface area contributed by atoms with Crippen molar-refractivity contribution in [3.63, 3.8) is 0 Å². The SMILES string of the molecule is COc1cc(C(C)=O)c(OC)c2ccccc12. The fourth-order valence-electron chi connectivity index (χ4n) is 1.97. The maximum Gasteiger partial charge on any atom is 0.163 e. The zero-order valence-electron chi connectivity index (χ0n) is 10.1. The Morgan fingerprint density at radius 2 is 1.71 bits per heavy atom. The highest BCUT2D eigenvalue weighted by Gasteiger charge is 2.15. The van der Waals surface area contributed by atoms with Crippen LogP contribution in [-0.4, -0.2) is 20.0 Å². The van der Waals surface area contributed by atoms with Crippen LogP contribution < -0.4 is 9.47 Å². The molecule has 0 heterocycles. The smallest absolute Gasteiger partial charge is 0.163 e. The second-order valence-corrected chi connectivity index (χ2v) is 3.76. The quantitative estimate of drug-likeness (QED) is 0.760. The number of carbonyl (C=O) groups is 1. The second-order valence-electron chi connectivity index (χ2n) is 3.76. The molecule has 3 nitrogen and oxygen atoms in total. The van der Waals surface area contributed by atoms with Crippen molar-refractivity contribution >= 4 is 16.6 Å². The number of hydrogen-bond acceptors (Lipinski definition) is 3. The van der Waals surface area contributed by atoms with Gasteiger partial charge in [-0.15, -0.1) is 0 Å². The first-order chi connectivity index (χ1) is 8.19. The van der Waals surface area contributed by atoms with Crippen molar-refractivity contribution in [2.24, 2.45) is 0 Å². The molecule has 0 atom stereocenters. The van der Waals surface area contributed by atoms with E-state index in [0.717, 1.165) is 10.8 Å². The van der Waals surface area contributed by atoms with Crippen LogP contribution in [0.5, 0.6) is 11.5 Å². The molecule has 0 radical (unpaired) electrons. The Labute approximate surface area is 100.0 Å². The van der Waals surface area contributed by atoms with Crippen molar-refractivity contribution in [2.45, 2.75) is 6.92 Å². The van der Waals surface area contributed by atoms with Gasteiger partial charge in [0.25, 0.3) is 0 Å². The number of hydrogen-bond donors (Lipinski definition) is 0. The van der Waals surface area contributed by atoms with E-state index in [4.69, 9.17) is 9.47 Å². The summed E-state index contributed by atoms with van der Waals surface area (Å²) < 4.78 is 10.7. The summed E-state index contributed by atoms with van der Waals surface area (Å²) in [4.78, 5) is 11.6. The van der Waals surface area contributed by atoms with E-state index in [1.54, 1.807) is 20.3 Å². The van der Waals surface area contributed by atoms with E-state index in [-0.39, 0.29) is 5.78 Å². The number of ether oxygens (including phenoxy) is 2. The number of rotatable bonds is 3. The monoisotopic (exact) mass is 230 g/mol. The molecule has 0 spiro atoms. The van der Waals surface area contributed by atoms with Crippen molar-refractivity contribution in [2.75, 3.05) is 14.2 Å². The number of Topliss-reactive ketones (excluding diaryl/α,β-unsaturated/α-hetero) is 1. The fourth-order valence-corrected chi connectivity index (χ4v) is 1.97. The third-order valence-electron chi connectivity index (χ3n) is 2.76. The second kappa shape index (κ2) is 4.45. The molecule has 0 bridgehead atoms. The van der Waals surface area contributed by atoms with E-state index in [9.17, 15) is 4.79 Å². The van der Waals surface area contributed by atoms with Crippen LogP contribution in [0.25, 0.3) is 10.8 Å². The highest BCUT2D eigenvalue weighted by Crippen LogP contribution is 2.36. The van der Waals surface area contributed by atoms with Crippen molar-refractivity contribution in [1.82, 2.24) is 0 Å². The van der Waals surface area contributed by atoms with Gasteiger partial charge in [-0.2, -0.15) is 0 Å². The lowest BCUT2D eigenvalue weighted by molar-refractivity contribution is 0.101. The molecule has 0 aliphatic rings. The Hall–Kier alpha value is -2.03. The van der Waals surface area contributed by atoms with Gasteiger partial charge in [0.05, 0.1) is 19.8 Å². The molecule has 0 N–H and O–H groups in total. The molecule has 0 fully saturated rings. The van der Waals surface area contributed by atoms with E-state index < -0.39 is 0 Å². The minimum atomic E-state index is -0.0362. The van der Waals surface area contributed by atoms with Crippen LogP contribution in [0.15, 0.2) is 30.3 Å². The first-order valence-electron chi connectivity index (χ1n) is 5.33. The molecule has 0 aliphatic carbocycles. The van der Waals surface area contributed by atoms with E-state index in [1.807, 2.05) is 24.3 Å². The predicted molar refractivity (Wildman–Crippen MR) is 67.1 cm³/mol. The number of methoxy groups -OCH3 is 2. The highest BCUT2D eigenvalue weighted by molar-refractivity contribution is 6.06. The summed E-state index contributed by atoms with van der Waals surface area (Å²) in [6.45, 7) is 1.52. The van der Waals surface area contributed by atoms with Gasteiger partial charge >= 0.3 is 0 Å². The maximum atomic E-state index is 11.6. The van der Waals surface area contributed by atoms with Crippen LogP contribution in [0.3, 0.4) is 0 Å². The molecular formula is C14H14O3. The molecular weight excluding hydrogens is 216 g/mol. The molecule has 2 aromatic rings. The molecule has 3 heteroatoms. The Kier molecular flexibility index (Phi) is 3.00. The molecule has 17 heavy (non-hydrogen) atoms. The number of carbonyl (C=O) groups excluding carboxylic acids is 1. The summed E-state index contributed by atoms with van der Waals surface area (Å²) in [5, 5.41) is 1.83. The Bertz CT molecular complexity index is 573. The fraction of sp³-hybridized carbons (Fsp3) is 0.214. The first-order valence-corrected chi connectivity index (χ1v) is 5.33. The lowest BCUT2D eigenvalue weighted by Gasteiger charge is -2.13. The molecule has 0 amide bonds. The third kappa shape index (κ3) is 1.84. The van der Waals surface area contributed by atoms with Gasteiger partial charge < -0.3 is 9.47 Å². The summed E-state index contributed by atoms with van der Waals surface area (Å²) in [6.07, 6.45) is 0. The topological polar surface area (TPSA) is 35.5 Å². The summed E-state index contributed by atoms with van der Waals surface area (Å²) in [5.74, 6) is 1.26. The number of ketones is 1. The minimum absolute atomic E-state index is 0.0362. The van der Waals surface area contributed by atoms with Gasteiger partial charge in [-0.1, -0.05) is 24.3 Å². The zero-order chi connectivity index (χ0) is 12.4. The zero-order valence-corrected chi connectivity index (χ0v) is 10.1. The highest BCUT2D eigenvalue weighted by atomic mass is 16.5. The van der Waals surface area contributed by atoms with Crippen LogP contribution in [0.2, 0.25) is 0 Å². The summed E-state index contributed by atoms with van der Waals surface area (Å²) in [7, 11) is 3.17. The van der Waals surface area contributed by atoms with Gasteiger partial charge in [0.15, 0.2) is 5.78 Å². The van der Waals surface area contributed by atoms with Gasteiger partial charge in [-0.3, -0.25) is 4.79 Å². The molecule has 0 saturated carbocycles. The largest absolute Gasteiger partial charge is 0.496 e. The molecule has 0 aliphatic heterocycles. The van der Waals surface area contributed by atoms with E-state index in [0.29, 0.717) is 17.1 Å². The van der Waals surface area contributed by atoms with Crippen LogP contribution in [0.1, 0.15) is 17.3 Å². The Morgan fingerprint density at radius 3 is 2.24 bits per heavy atom. The molecule has 88 valence electrons. The normalized spacial score (nSPS) is 10.3. The van der Waals surface area contributed by atoms with Crippen molar-refractivity contribution in [3.8, 4) is 11.5 Å². The minimum Gasteiger partial charge on any atom is -0.496 e. The van der Waals surface area contributed by atoms with Gasteiger partial charge in [0.1, 0.15) is 11.5 Å². The van der Waals surface area contributed by atoms with Gasteiger partial charge in [0, 0.05) is 10.8 Å². The van der Waals surface area contributed by atoms with Crippen LogP contribution >= 0.6 is 0 Å². The molecule has 0 aromatic heterocycles. The standard InChI is InChI=1S/C14H14O3/c1-9(15)12-8-13(16-2)10-6-4-5-7-11(10)14(12)17-3/h4-8H,1-3H3. The van der Waals surface area contributed by atoms with Crippen LogP contribution in [-0.2, 0) is 0 Å². The summed E-state index contributed by atoms with van der Waals surface area (Å²) >= 11 is 0. The van der Waals surface area contributed by atoms with E-state index in [2.05, 4.69) is 0 Å². The predicted octanol–water partition coefficient (Wildman–Crippen LogP) is 3.06. The lowest BCUT2D eigenvalue weighted by atomic mass is 10.0. The van der Waals surface area contributed by atoms with Crippen LogP contribution in [0.4, 0.5) is 0 Å². The van der Waals surface area contributed by atoms with Gasteiger partial charge in [0.2, 0.25) is 0 Å². The first kappa shape index (κ1) is 11.5. The molecule has 2 rings (SSSR count). The Morgan fingerprint density at radius 1 is 1.06 bits per heavy atom. The molecule has 2 aromatic carbocycles. The lowest BCUT2D eigenvalue weighted by Crippen LogP contribution is -2.00. The summed E-state index contributed by atoms with van der Waals surface area (Å²) in [5.41, 5.74) is 0.544. The van der Waals surface area contributed by atoms with Gasteiger partial charge in [-0.05, 0) is 13.0 Å². The number of fused-ring (bicyclic) bond motifs is 1. The maximum absolute atomic E-state index is 11.6.